The minimum atomic E-state index is -0.383. The second-order valence-electron chi connectivity index (χ2n) is 55.5. The molecule has 12 heteroatoms. The molecule has 1 saturated carbocycles. The summed E-state index contributed by atoms with van der Waals surface area (Å²) in [6, 6.07) is 24.7. The van der Waals surface area contributed by atoms with Crippen LogP contribution in [0.2, 0.25) is 0 Å². The highest BCUT2D eigenvalue weighted by Crippen LogP contribution is 2.40. The van der Waals surface area contributed by atoms with Crippen LogP contribution in [-0.4, -0.2) is 127 Å². The molecule has 6 heterocycles. The van der Waals surface area contributed by atoms with E-state index in [1.54, 1.807) is 48.5 Å². The quantitative estimate of drug-likeness (QED) is 0.0921. The number of ether oxygens (including phenoxy) is 2. The number of carbonyl (C=O) groups excluding carboxylic acids is 5. The minimum absolute atomic E-state index is 0.120. The number of likely N-dealkylation sites (tertiary alicyclic amines) is 2. The molecule has 798 valence electrons. The molecule has 5 amide bonds. The summed E-state index contributed by atoms with van der Waals surface area (Å²) in [7, 11) is 0. The first-order valence-corrected chi connectivity index (χ1v) is 55.6. The van der Waals surface area contributed by atoms with Crippen molar-refractivity contribution in [3.8, 4) is 0 Å². The first-order valence-electron chi connectivity index (χ1n) is 55.6. The van der Waals surface area contributed by atoms with Gasteiger partial charge in [-0.1, -0.05) is 416 Å². The third-order valence-electron chi connectivity index (χ3n) is 28.5. The number of benzene rings is 3. The summed E-state index contributed by atoms with van der Waals surface area (Å²) >= 11 is 0. The third-order valence-corrected chi connectivity index (χ3v) is 28.5. The van der Waals surface area contributed by atoms with Crippen molar-refractivity contribution < 1.29 is 33.4 Å². The van der Waals surface area contributed by atoms with Crippen LogP contribution in [0.3, 0.4) is 0 Å². The Morgan fingerprint density at radius 2 is 0.745 bits per heavy atom. The van der Waals surface area contributed by atoms with Crippen LogP contribution in [0.1, 0.15) is 525 Å². The standard InChI is InChI=1S/C16H21NO2.C14H17NO2.C13H25NO2.C12H18.C12H26.C10H21N.C9H19N.C9H18.C9H20.C8H16O.C7H16.C6H14/c1-16(2,3)10-6-7-11-17-14(18)12-8-4-5-9-13(12)15(17)19;1-14(2,3)8-9-15-12(16)10-6-4-5-7-11(10)13(15)17;1-10(2)11-6-8-14(9-7-11)12(15)16-13(3,4)5;1-12(2,3)10-9-11-7-5-4-6-8-11;1-5-6-7-8-9-10-11-12(2,3)4;1-10(2,3)6-9-11-7-4-5-8-11;1-9(2,3)8-4-6-10-7-5-8;1-9(2,3)8-6-4-5-7-8;1-6-8(7-2)9(3,4)5;1-8(2,3)7-4-5-9-6-7;1-6(2)7(3,4)5;1-5-6(2,3)4/h4-5,8-9H,6-7,10-11H2,1-3H3;4-7H,8-9H2,1-3H3;10-11H,6-9H2,1-5H3;4-8H,9-10H2,1-3H3;5-11H2,1-4H3;4-9H2,1-3H3;8,10H,4-7H2,1-3H3;8H,4-7H2,1-3H3;8H,6-7H2,1-5H3;7H,4-6H2,1-3H3;6H,1-5H3;5H2,1-4H3. The maximum Gasteiger partial charge on any atom is 0.410 e. The molecule has 6 aliphatic heterocycles. The molecular weight excluding hydrogens is 1680 g/mol. The van der Waals surface area contributed by atoms with Crippen LogP contribution in [-0.2, 0) is 15.9 Å². The van der Waals surface area contributed by atoms with E-state index in [9.17, 15) is 24.0 Å². The number of aryl methyl sites for hydroxylation is 1. The Balaban J connectivity index is 0. The smallest absolute Gasteiger partial charge is 0.410 e. The molecular formula is C125H231N5O7. The first kappa shape index (κ1) is 134. The van der Waals surface area contributed by atoms with Gasteiger partial charge in [-0.15, -0.1) is 0 Å². The van der Waals surface area contributed by atoms with Crippen molar-refractivity contribution in [3.05, 3.63) is 107 Å². The fourth-order valence-electron chi connectivity index (χ4n) is 16.6. The highest BCUT2D eigenvalue weighted by molar-refractivity contribution is 6.22. The van der Waals surface area contributed by atoms with Crippen LogP contribution in [0.15, 0.2) is 78.9 Å². The second-order valence-corrected chi connectivity index (χ2v) is 55.5. The second kappa shape index (κ2) is 64.8. The zero-order valence-corrected chi connectivity index (χ0v) is 99.3. The summed E-state index contributed by atoms with van der Waals surface area (Å²) in [6.45, 7) is 110. The molecule has 10 rings (SSSR count). The van der Waals surface area contributed by atoms with Gasteiger partial charge >= 0.3 is 6.09 Å². The number of hydrogen-bond acceptors (Lipinski definition) is 9. The van der Waals surface area contributed by atoms with E-state index in [4.69, 9.17) is 9.47 Å². The predicted octanol–water partition coefficient (Wildman–Crippen LogP) is 36.4. The summed E-state index contributed by atoms with van der Waals surface area (Å²) in [6.07, 6.45) is 36.3. The molecule has 1 N–H and O–H groups in total. The summed E-state index contributed by atoms with van der Waals surface area (Å²) in [5, 5.41) is 3.39. The van der Waals surface area contributed by atoms with Crippen molar-refractivity contribution >= 4 is 29.7 Å². The monoisotopic (exact) mass is 1910 g/mol. The highest BCUT2D eigenvalue weighted by Gasteiger charge is 2.38. The lowest BCUT2D eigenvalue weighted by atomic mass is 9.76. The molecule has 137 heavy (non-hydrogen) atoms. The van der Waals surface area contributed by atoms with Crippen LogP contribution in [0, 0.1) is 101 Å². The molecule has 7 aliphatic rings. The molecule has 5 fully saturated rings. The Kier molecular flexibility index (Phi) is 63.4. The van der Waals surface area contributed by atoms with Gasteiger partial charge in [0.1, 0.15) is 5.60 Å². The zero-order valence-electron chi connectivity index (χ0n) is 99.3. The molecule has 0 spiro atoms. The molecule has 3 aromatic rings. The number of hydrogen-bond donors (Lipinski definition) is 1. The normalized spacial score (nSPS) is 17.1. The van der Waals surface area contributed by atoms with Gasteiger partial charge in [0.05, 0.1) is 22.3 Å². The number of nitrogens with one attached hydrogen (secondary N) is 1. The van der Waals surface area contributed by atoms with Crippen molar-refractivity contribution in [1.82, 2.24) is 24.9 Å². The van der Waals surface area contributed by atoms with Crippen LogP contribution in [0.4, 0.5) is 4.79 Å². The van der Waals surface area contributed by atoms with Gasteiger partial charge < -0.3 is 24.6 Å². The van der Waals surface area contributed by atoms with Gasteiger partial charge in [0.2, 0.25) is 0 Å². The van der Waals surface area contributed by atoms with Crippen molar-refractivity contribution in [1.29, 1.82) is 0 Å². The summed E-state index contributed by atoms with van der Waals surface area (Å²) in [5.41, 5.74) is 8.29. The van der Waals surface area contributed by atoms with Crippen LogP contribution in [0.25, 0.3) is 0 Å². The Morgan fingerprint density at radius 3 is 1.04 bits per heavy atom. The SMILES string of the molecule is CC(C)(C)C1CCCC1.CC(C)(C)C1CCNCC1.CC(C)(C)C1CCOC1.CC(C)(C)CCCCN1C(=O)c2ccccc2C1=O.CC(C)(C)CCN1C(=O)c2ccccc2C1=O.CC(C)(C)CCN1CCCC1.CC(C)(C)CCc1ccccc1.CC(C)C(C)(C)C.CC(C)C1CCN(C(=O)OC(C)(C)C)CC1.CCC(C)(C)C.CCC(CC)C(C)(C)C.CCCCCCCCC(C)(C)C. The number of nitrogens with zero attached hydrogens (tertiary/aromatic N) is 4. The van der Waals surface area contributed by atoms with Crippen molar-refractivity contribution in [3.63, 3.8) is 0 Å². The van der Waals surface area contributed by atoms with E-state index in [0.717, 1.165) is 106 Å². The molecule has 1 aliphatic carbocycles. The number of amides is 5. The summed E-state index contributed by atoms with van der Waals surface area (Å²) in [4.78, 5) is 67.2. The largest absolute Gasteiger partial charge is 0.444 e. The van der Waals surface area contributed by atoms with E-state index in [2.05, 4.69) is 324 Å². The van der Waals surface area contributed by atoms with Gasteiger partial charge in [-0.25, -0.2) is 4.79 Å². The fourth-order valence-corrected chi connectivity index (χ4v) is 16.6. The van der Waals surface area contributed by atoms with Crippen LogP contribution >= 0.6 is 0 Å². The predicted molar refractivity (Wildman–Crippen MR) is 600 cm³/mol. The summed E-state index contributed by atoms with van der Waals surface area (Å²) in [5.74, 6) is 5.32. The lowest BCUT2D eigenvalue weighted by molar-refractivity contribution is 0.0165. The van der Waals surface area contributed by atoms with Gasteiger partial charge in [-0.05, 0) is 287 Å². The number of unbranched alkanes of at least 4 members (excludes halogenated alkanes) is 6. The number of fused-ring (bicyclic) bond motifs is 2. The molecule has 4 saturated heterocycles. The van der Waals surface area contributed by atoms with E-state index in [1.807, 2.05) is 25.7 Å². The van der Waals surface area contributed by atoms with Crippen molar-refractivity contribution in [2.24, 2.45) is 101 Å². The van der Waals surface area contributed by atoms with E-state index in [1.165, 1.54) is 189 Å². The maximum absolute atomic E-state index is 12.1. The average molecular weight is 1920 g/mol. The van der Waals surface area contributed by atoms with Gasteiger partial charge in [0, 0.05) is 39.4 Å². The van der Waals surface area contributed by atoms with E-state index in [-0.39, 0.29) is 40.7 Å². The lowest BCUT2D eigenvalue weighted by Crippen LogP contribution is -2.42. The number of piperidine rings is 2. The van der Waals surface area contributed by atoms with Gasteiger partial charge in [0.25, 0.3) is 23.6 Å². The first-order chi connectivity index (χ1) is 62.6. The van der Waals surface area contributed by atoms with E-state index >= 15 is 0 Å². The molecule has 0 radical (unpaired) electrons. The lowest BCUT2D eigenvalue weighted by Gasteiger charge is -2.34. The molecule has 0 bridgehead atoms. The highest BCUT2D eigenvalue weighted by atomic mass is 16.6. The van der Waals surface area contributed by atoms with Gasteiger partial charge in [-0.2, -0.15) is 0 Å². The van der Waals surface area contributed by atoms with Crippen LogP contribution < -0.4 is 5.32 Å². The molecule has 12 nitrogen and oxygen atoms in total. The van der Waals surface area contributed by atoms with E-state index < -0.39 is 0 Å². The number of imide groups is 2. The number of carbonyl (C=O) groups is 5. The molecule has 0 aromatic heterocycles. The molecule has 1 atom stereocenters. The van der Waals surface area contributed by atoms with Gasteiger partial charge in [0.15, 0.2) is 0 Å². The molecule has 3 aromatic carbocycles. The van der Waals surface area contributed by atoms with Crippen molar-refractivity contribution in [2.45, 2.75) is 490 Å². The fraction of sp³-hybridized carbons (Fsp3) is 0.816. The maximum atomic E-state index is 12.1. The zero-order chi connectivity index (χ0) is 106. The Hall–Kier alpha value is -4.91. The summed E-state index contributed by atoms with van der Waals surface area (Å²) < 4.78 is 10.6. The number of rotatable bonds is 19. The topological polar surface area (TPSA) is 129 Å². The van der Waals surface area contributed by atoms with Gasteiger partial charge in [-0.3, -0.25) is 29.0 Å². The average Bonchev–Trinajstić information content (AvgIpc) is 1.64. The third kappa shape index (κ3) is 66.6. The minimum Gasteiger partial charge on any atom is -0.444 e. The Bertz CT molecular complexity index is 3500. The Morgan fingerprint density at radius 1 is 0.387 bits per heavy atom. The van der Waals surface area contributed by atoms with Crippen LogP contribution in [0.5, 0.6) is 0 Å². The van der Waals surface area contributed by atoms with Crippen molar-refractivity contribution in [2.75, 3.05) is 72.1 Å². The molecule has 1 unspecified atom stereocenters. The van der Waals surface area contributed by atoms with E-state index in [0.29, 0.717) is 89.5 Å². The Labute approximate surface area is 852 Å².